The Morgan fingerprint density at radius 2 is 1.95 bits per heavy atom. The lowest BCUT2D eigenvalue weighted by molar-refractivity contribution is -0.144. The highest BCUT2D eigenvalue weighted by Gasteiger charge is 2.34. The zero-order valence-corrected chi connectivity index (χ0v) is 12.9. The summed E-state index contributed by atoms with van der Waals surface area (Å²) in [6.45, 7) is 7.04. The molecule has 1 amide bonds. The number of carbonyl (C=O) groups excluding carboxylic acids is 2. The molecule has 0 aromatic heterocycles. The molecule has 20 heavy (non-hydrogen) atoms. The quantitative estimate of drug-likeness (QED) is 0.728. The highest BCUT2D eigenvalue weighted by Crippen LogP contribution is 2.31. The lowest BCUT2D eigenvalue weighted by Gasteiger charge is -2.40. The molecule has 5 heteroatoms. The van der Waals surface area contributed by atoms with Gasteiger partial charge in [0.1, 0.15) is 0 Å². The molecule has 1 aliphatic heterocycles. The van der Waals surface area contributed by atoms with Crippen molar-refractivity contribution >= 4 is 11.9 Å². The average molecular weight is 285 g/mol. The summed E-state index contributed by atoms with van der Waals surface area (Å²) in [7, 11) is 0. The molecule has 1 heterocycles. The molecule has 1 fully saturated rings. The summed E-state index contributed by atoms with van der Waals surface area (Å²) < 4.78 is 10.7. The second kappa shape index (κ2) is 8.25. The normalized spacial score (nSPS) is 21.2. The van der Waals surface area contributed by atoms with Gasteiger partial charge in [-0.3, -0.25) is 9.59 Å². The Labute approximate surface area is 121 Å². The molecule has 0 spiro atoms. The number of hydrogen-bond donors (Lipinski definition) is 1. The van der Waals surface area contributed by atoms with E-state index in [1.165, 1.54) is 0 Å². The highest BCUT2D eigenvalue weighted by molar-refractivity contribution is 5.81. The smallest absolute Gasteiger partial charge is 0.306 e. The van der Waals surface area contributed by atoms with Crippen molar-refractivity contribution in [2.24, 2.45) is 0 Å². The Hall–Kier alpha value is -1.10. The first-order valence-electron chi connectivity index (χ1n) is 7.64. The molecule has 5 nitrogen and oxygen atoms in total. The molecular weight excluding hydrogens is 258 g/mol. The number of ether oxygens (including phenoxy) is 2. The summed E-state index contributed by atoms with van der Waals surface area (Å²) in [5, 5.41) is 3.01. The van der Waals surface area contributed by atoms with Crippen LogP contribution in [-0.2, 0) is 19.1 Å². The van der Waals surface area contributed by atoms with Crippen LogP contribution >= 0.6 is 0 Å². The van der Waals surface area contributed by atoms with Crippen molar-refractivity contribution in [1.29, 1.82) is 0 Å². The molecule has 116 valence electrons. The largest absolute Gasteiger partial charge is 0.466 e. The van der Waals surface area contributed by atoms with Gasteiger partial charge in [-0.2, -0.15) is 0 Å². The first kappa shape index (κ1) is 17.0. The fraction of sp³-hybridized carbons (Fsp3) is 0.867. The van der Waals surface area contributed by atoms with Gasteiger partial charge < -0.3 is 14.8 Å². The van der Waals surface area contributed by atoms with Crippen LogP contribution in [0.3, 0.4) is 0 Å². The minimum Gasteiger partial charge on any atom is -0.466 e. The molecule has 0 aromatic carbocycles. The monoisotopic (exact) mass is 285 g/mol. The average Bonchev–Trinajstić information content (AvgIpc) is 2.45. The van der Waals surface area contributed by atoms with Gasteiger partial charge in [0.05, 0.1) is 18.6 Å². The van der Waals surface area contributed by atoms with Crippen molar-refractivity contribution in [1.82, 2.24) is 5.32 Å². The number of amides is 1. The maximum Gasteiger partial charge on any atom is 0.306 e. The molecule has 0 bridgehead atoms. The van der Waals surface area contributed by atoms with E-state index in [1.54, 1.807) is 6.92 Å². The van der Waals surface area contributed by atoms with Gasteiger partial charge in [-0.15, -0.1) is 0 Å². The molecular formula is C15H27NO4. The van der Waals surface area contributed by atoms with E-state index in [-0.39, 0.29) is 36.4 Å². The van der Waals surface area contributed by atoms with Crippen LogP contribution in [0, 0.1) is 0 Å². The molecule has 0 aliphatic carbocycles. The number of rotatable bonds is 7. The number of hydrogen-bond acceptors (Lipinski definition) is 4. The van der Waals surface area contributed by atoms with Crippen molar-refractivity contribution in [3.05, 3.63) is 0 Å². The predicted octanol–water partition coefficient (Wildman–Crippen LogP) is 2.18. The van der Waals surface area contributed by atoms with Crippen molar-refractivity contribution in [2.45, 2.75) is 70.9 Å². The van der Waals surface area contributed by atoms with Gasteiger partial charge in [0.2, 0.25) is 5.91 Å². The van der Waals surface area contributed by atoms with E-state index in [4.69, 9.17) is 9.47 Å². The number of carbonyl (C=O) groups is 2. The van der Waals surface area contributed by atoms with Crippen LogP contribution in [0.2, 0.25) is 0 Å². The van der Waals surface area contributed by atoms with Crippen molar-refractivity contribution in [2.75, 3.05) is 13.2 Å². The van der Waals surface area contributed by atoms with Crippen molar-refractivity contribution < 1.29 is 19.1 Å². The first-order chi connectivity index (χ1) is 9.55. The molecule has 0 aromatic rings. The zero-order chi connectivity index (χ0) is 15.0. The SMILES string of the molecule is CCOC(=O)CCC(=O)NC1CCOC(CC)(CC)C1. The molecule has 1 rings (SSSR count). The van der Waals surface area contributed by atoms with E-state index >= 15 is 0 Å². The summed E-state index contributed by atoms with van der Waals surface area (Å²) in [6, 6.07) is 0.151. The summed E-state index contributed by atoms with van der Waals surface area (Å²) in [6.07, 6.45) is 3.95. The summed E-state index contributed by atoms with van der Waals surface area (Å²) in [4.78, 5) is 23.1. The van der Waals surface area contributed by atoms with Crippen LogP contribution in [0.4, 0.5) is 0 Å². The van der Waals surface area contributed by atoms with Crippen molar-refractivity contribution in [3.8, 4) is 0 Å². The second-order valence-electron chi connectivity index (χ2n) is 5.30. The summed E-state index contributed by atoms with van der Waals surface area (Å²) >= 11 is 0. The van der Waals surface area contributed by atoms with Crippen LogP contribution in [0.5, 0.6) is 0 Å². The Bertz CT molecular complexity index is 326. The zero-order valence-electron chi connectivity index (χ0n) is 12.9. The van der Waals surface area contributed by atoms with Crippen LogP contribution in [0.15, 0.2) is 0 Å². The minimum atomic E-state index is -0.314. The van der Waals surface area contributed by atoms with Gasteiger partial charge in [0, 0.05) is 19.1 Å². The number of esters is 1. The Morgan fingerprint density at radius 3 is 2.55 bits per heavy atom. The van der Waals surface area contributed by atoms with Crippen molar-refractivity contribution in [3.63, 3.8) is 0 Å². The second-order valence-corrected chi connectivity index (χ2v) is 5.30. The van der Waals surface area contributed by atoms with Gasteiger partial charge in [-0.25, -0.2) is 0 Å². The van der Waals surface area contributed by atoms with Gasteiger partial charge in [0.25, 0.3) is 0 Å². The van der Waals surface area contributed by atoms with Crippen LogP contribution in [0.25, 0.3) is 0 Å². The first-order valence-corrected chi connectivity index (χ1v) is 7.64. The maximum atomic E-state index is 11.8. The topological polar surface area (TPSA) is 64.6 Å². The third kappa shape index (κ3) is 5.12. The van der Waals surface area contributed by atoms with E-state index in [1.807, 2.05) is 0 Å². The van der Waals surface area contributed by atoms with Gasteiger partial charge in [-0.1, -0.05) is 13.8 Å². The maximum absolute atomic E-state index is 11.8. The third-order valence-corrected chi connectivity index (χ3v) is 4.01. The number of nitrogens with one attached hydrogen (secondary N) is 1. The van der Waals surface area contributed by atoms with Crippen LogP contribution < -0.4 is 5.32 Å². The standard InChI is InChI=1S/C15H27NO4/c1-4-15(5-2)11-12(9-10-20-15)16-13(17)7-8-14(18)19-6-3/h12H,4-11H2,1-3H3,(H,16,17). The lowest BCUT2D eigenvalue weighted by Crippen LogP contribution is -2.48. The molecule has 1 N–H and O–H groups in total. The molecule has 1 atom stereocenters. The fourth-order valence-electron chi connectivity index (χ4n) is 2.64. The Kier molecular flexibility index (Phi) is 6.99. The highest BCUT2D eigenvalue weighted by atomic mass is 16.5. The van der Waals surface area contributed by atoms with E-state index in [0.29, 0.717) is 13.2 Å². The molecule has 0 saturated carbocycles. The van der Waals surface area contributed by atoms with Crippen LogP contribution in [0.1, 0.15) is 59.3 Å². The Balaban J connectivity index is 2.36. The van der Waals surface area contributed by atoms with Gasteiger partial charge >= 0.3 is 5.97 Å². The molecule has 1 saturated heterocycles. The molecule has 0 radical (unpaired) electrons. The summed E-state index contributed by atoms with van der Waals surface area (Å²) in [5.41, 5.74) is -0.0999. The third-order valence-electron chi connectivity index (χ3n) is 4.01. The minimum absolute atomic E-state index is 0.0777. The Morgan fingerprint density at radius 1 is 1.25 bits per heavy atom. The van der Waals surface area contributed by atoms with Gasteiger partial charge in [-0.05, 0) is 32.6 Å². The van der Waals surface area contributed by atoms with Gasteiger partial charge in [0.15, 0.2) is 0 Å². The van der Waals surface area contributed by atoms with E-state index < -0.39 is 0 Å². The predicted molar refractivity (Wildman–Crippen MR) is 76.3 cm³/mol. The fourth-order valence-corrected chi connectivity index (χ4v) is 2.64. The molecule has 1 unspecified atom stereocenters. The van der Waals surface area contributed by atoms with E-state index in [2.05, 4.69) is 19.2 Å². The van der Waals surface area contributed by atoms with Crippen LogP contribution in [-0.4, -0.2) is 36.7 Å². The van der Waals surface area contributed by atoms with E-state index in [0.717, 1.165) is 25.7 Å². The van der Waals surface area contributed by atoms with E-state index in [9.17, 15) is 9.59 Å². The summed E-state index contributed by atoms with van der Waals surface area (Å²) in [5.74, 6) is -0.392. The molecule has 1 aliphatic rings. The lowest BCUT2D eigenvalue weighted by atomic mass is 9.86.